The van der Waals surface area contributed by atoms with Gasteiger partial charge in [0.25, 0.3) is 5.91 Å². The maximum atomic E-state index is 13.4. The molecule has 156 valence electrons. The van der Waals surface area contributed by atoms with Gasteiger partial charge in [0.2, 0.25) is 0 Å². The van der Waals surface area contributed by atoms with Gasteiger partial charge >= 0.3 is 0 Å². The monoisotopic (exact) mass is 432 g/mol. The molecule has 0 aliphatic carbocycles. The van der Waals surface area contributed by atoms with Crippen LogP contribution in [-0.2, 0) is 12.3 Å². The molecule has 4 aromatic rings. The van der Waals surface area contributed by atoms with Crippen LogP contribution >= 0.6 is 11.8 Å². The standard InChI is InChI=1S/C24H21FN4OS/c1-17-10-12-21(13-11-17)29-22(15-26-23(30)19-8-5-9-20(25)14-19)27-28-24(29)31-16-18-6-3-2-4-7-18/h2-14H,15-16H2,1H3,(H,26,30). The van der Waals surface area contributed by atoms with E-state index in [1.165, 1.54) is 23.8 Å². The average molecular weight is 433 g/mol. The van der Waals surface area contributed by atoms with E-state index in [4.69, 9.17) is 0 Å². The molecule has 7 heteroatoms. The molecule has 5 nitrogen and oxygen atoms in total. The molecule has 1 amide bonds. The summed E-state index contributed by atoms with van der Waals surface area (Å²) in [5.74, 6) is 0.538. The summed E-state index contributed by atoms with van der Waals surface area (Å²) in [7, 11) is 0. The summed E-state index contributed by atoms with van der Waals surface area (Å²) < 4.78 is 15.4. The van der Waals surface area contributed by atoms with E-state index in [-0.39, 0.29) is 18.0 Å². The van der Waals surface area contributed by atoms with Crippen molar-refractivity contribution >= 4 is 17.7 Å². The molecule has 0 saturated heterocycles. The summed E-state index contributed by atoms with van der Waals surface area (Å²) in [5.41, 5.74) is 3.52. The number of aryl methyl sites for hydroxylation is 1. The lowest BCUT2D eigenvalue weighted by Crippen LogP contribution is -2.24. The number of hydrogen-bond acceptors (Lipinski definition) is 4. The van der Waals surface area contributed by atoms with E-state index in [0.29, 0.717) is 5.82 Å². The van der Waals surface area contributed by atoms with Gasteiger partial charge in [0, 0.05) is 17.0 Å². The second-order valence-electron chi connectivity index (χ2n) is 7.04. The molecule has 0 bridgehead atoms. The first kappa shape index (κ1) is 20.8. The van der Waals surface area contributed by atoms with Crippen LogP contribution in [0.2, 0.25) is 0 Å². The lowest BCUT2D eigenvalue weighted by Gasteiger charge is -2.11. The van der Waals surface area contributed by atoms with Crippen molar-refractivity contribution in [2.45, 2.75) is 24.4 Å². The topological polar surface area (TPSA) is 59.8 Å². The van der Waals surface area contributed by atoms with Crippen LogP contribution in [0.25, 0.3) is 5.69 Å². The fourth-order valence-corrected chi connectivity index (χ4v) is 4.00. The van der Waals surface area contributed by atoms with E-state index in [2.05, 4.69) is 27.6 Å². The molecule has 0 saturated carbocycles. The van der Waals surface area contributed by atoms with Crippen molar-refractivity contribution in [1.82, 2.24) is 20.1 Å². The summed E-state index contributed by atoms with van der Waals surface area (Å²) in [4.78, 5) is 12.4. The summed E-state index contributed by atoms with van der Waals surface area (Å²) >= 11 is 1.58. The maximum Gasteiger partial charge on any atom is 0.251 e. The molecule has 0 spiro atoms. The molecule has 0 atom stereocenters. The zero-order valence-corrected chi connectivity index (χ0v) is 17.8. The van der Waals surface area contributed by atoms with Gasteiger partial charge in [0.05, 0.1) is 6.54 Å². The van der Waals surface area contributed by atoms with E-state index < -0.39 is 5.82 Å². The van der Waals surface area contributed by atoms with Gasteiger partial charge in [-0.15, -0.1) is 10.2 Å². The molecule has 4 rings (SSSR count). The second-order valence-corrected chi connectivity index (χ2v) is 7.98. The highest BCUT2D eigenvalue weighted by Gasteiger charge is 2.16. The number of nitrogens with one attached hydrogen (secondary N) is 1. The number of nitrogens with zero attached hydrogens (tertiary/aromatic N) is 3. The Bertz CT molecular complexity index is 1180. The lowest BCUT2D eigenvalue weighted by molar-refractivity contribution is 0.0949. The third-order valence-corrected chi connectivity index (χ3v) is 5.70. The summed E-state index contributed by atoms with van der Waals surface area (Å²) in [6, 6.07) is 23.8. The van der Waals surface area contributed by atoms with Crippen LogP contribution in [0.15, 0.2) is 84.0 Å². The summed E-state index contributed by atoms with van der Waals surface area (Å²) in [5, 5.41) is 12.2. The second kappa shape index (κ2) is 9.57. The van der Waals surface area contributed by atoms with Crippen LogP contribution in [0.3, 0.4) is 0 Å². The van der Waals surface area contributed by atoms with Crippen LogP contribution in [0, 0.1) is 12.7 Å². The number of amides is 1. The number of hydrogen-bond donors (Lipinski definition) is 1. The SMILES string of the molecule is Cc1ccc(-n2c(CNC(=O)c3cccc(F)c3)nnc2SCc2ccccc2)cc1. The van der Waals surface area contributed by atoms with Gasteiger partial charge < -0.3 is 5.32 Å². The molecule has 1 aromatic heterocycles. The Hall–Kier alpha value is -3.45. The fourth-order valence-electron chi connectivity index (χ4n) is 3.07. The van der Waals surface area contributed by atoms with Crippen LogP contribution in [0.1, 0.15) is 27.3 Å². The van der Waals surface area contributed by atoms with Gasteiger partial charge in [0.15, 0.2) is 11.0 Å². The lowest BCUT2D eigenvalue weighted by atomic mass is 10.2. The normalized spacial score (nSPS) is 10.8. The Morgan fingerprint density at radius 2 is 1.77 bits per heavy atom. The number of rotatable bonds is 7. The molecular weight excluding hydrogens is 411 g/mol. The third-order valence-electron chi connectivity index (χ3n) is 4.70. The van der Waals surface area contributed by atoms with Crippen molar-refractivity contribution in [1.29, 1.82) is 0 Å². The number of halogens is 1. The minimum absolute atomic E-state index is 0.169. The van der Waals surface area contributed by atoms with Crippen molar-refractivity contribution in [2.24, 2.45) is 0 Å². The number of carbonyl (C=O) groups excluding carboxylic acids is 1. The van der Waals surface area contributed by atoms with Crippen molar-refractivity contribution in [3.63, 3.8) is 0 Å². The predicted octanol–water partition coefficient (Wildman–Crippen LogP) is 4.94. The highest BCUT2D eigenvalue weighted by Crippen LogP contribution is 2.25. The molecular formula is C24H21FN4OS. The van der Waals surface area contributed by atoms with Crippen molar-refractivity contribution in [3.05, 3.63) is 107 Å². The number of carbonyl (C=O) groups is 1. The van der Waals surface area contributed by atoms with Crippen molar-refractivity contribution < 1.29 is 9.18 Å². The minimum Gasteiger partial charge on any atom is -0.345 e. The number of aromatic nitrogens is 3. The third kappa shape index (κ3) is 5.19. The van der Waals surface area contributed by atoms with Crippen LogP contribution in [0.4, 0.5) is 4.39 Å². The Labute approximate surface area is 184 Å². The van der Waals surface area contributed by atoms with Crippen LogP contribution in [-0.4, -0.2) is 20.7 Å². The van der Waals surface area contributed by atoms with Gasteiger partial charge in [-0.3, -0.25) is 9.36 Å². The van der Waals surface area contributed by atoms with Crippen LogP contribution in [0.5, 0.6) is 0 Å². The summed E-state index contributed by atoms with van der Waals surface area (Å²) in [6.45, 7) is 2.20. The zero-order chi connectivity index (χ0) is 21.6. The Morgan fingerprint density at radius 1 is 1.00 bits per heavy atom. The smallest absolute Gasteiger partial charge is 0.251 e. The molecule has 0 unspecified atom stereocenters. The van der Waals surface area contributed by atoms with E-state index in [1.807, 2.05) is 54.0 Å². The first-order valence-electron chi connectivity index (χ1n) is 9.82. The minimum atomic E-state index is -0.449. The van der Waals surface area contributed by atoms with Gasteiger partial charge in [-0.1, -0.05) is 65.9 Å². The maximum absolute atomic E-state index is 13.4. The van der Waals surface area contributed by atoms with E-state index in [0.717, 1.165) is 22.2 Å². The van der Waals surface area contributed by atoms with Gasteiger partial charge in [-0.2, -0.15) is 0 Å². The molecule has 0 aliphatic rings. The molecule has 1 N–H and O–H groups in total. The quantitative estimate of drug-likeness (QED) is 0.421. The first-order valence-corrected chi connectivity index (χ1v) is 10.8. The Morgan fingerprint density at radius 3 is 2.52 bits per heavy atom. The molecule has 0 fully saturated rings. The van der Waals surface area contributed by atoms with Gasteiger partial charge in [-0.25, -0.2) is 4.39 Å². The number of benzene rings is 3. The molecule has 31 heavy (non-hydrogen) atoms. The van der Waals surface area contributed by atoms with Crippen molar-refractivity contribution in [2.75, 3.05) is 0 Å². The van der Waals surface area contributed by atoms with E-state index in [9.17, 15) is 9.18 Å². The summed E-state index contributed by atoms with van der Waals surface area (Å²) in [6.07, 6.45) is 0. The molecule has 0 aliphatic heterocycles. The molecule has 1 heterocycles. The van der Waals surface area contributed by atoms with E-state index in [1.54, 1.807) is 17.8 Å². The predicted molar refractivity (Wildman–Crippen MR) is 120 cm³/mol. The Kier molecular flexibility index (Phi) is 6.43. The fraction of sp³-hybridized carbons (Fsp3) is 0.125. The highest BCUT2D eigenvalue weighted by atomic mass is 32.2. The highest BCUT2D eigenvalue weighted by molar-refractivity contribution is 7.98. The van der Waals surface area contributed by atoms with Crippen LogP contribution < -0.4 is 5.32 Å². The number of thioether (sulfide) groups is 1. The van der Waals surface area contributed by atoms with Gasteiger partial charge in [-0.05, 0) is 42.8 Å². The molecule has 0 radical (unpaired) electrons. The van der Waals surface area contributed by atoms with Crippen molar-refractivity contribution in [3.8, 4) is 5.69 Å². The molecule has 3 aromatic carbocycles. The van der Waals surface area contributed by atoms with Gasteiger partial charge in [0.1, 0.15) is 5.82 Å². The largest absolute Gasteiger partial charge is 0.345 e. The zero-order valence-electron chi connectivity index (χ0n) is 17.0. The Balaban J connectivity index is 1.57. The average Bonchev–Trinajstić information content (AvgIpc) is 3.20. The van der Waals surface area contributed by atoms with E-state index >= 15 is 0 Å². The first-order chi connectivity index (χ1) is 15.1.